The number of rotatable bonds is 6. The summed E-state index contributed by atoms with van der Waals surface area (Å²) in [5, 5.41) is 3.47. The molecule has 0 saturated carbocycles. The molecule has 0 aliphatic carbocycles. The lowest BCUT2D eigenvalue weighted by Crippen LogP contribution is -2.39. The van der Waals surface area contributed by atoms with Crippen LogP contribution in [-0.4, -0.2) is 45.2 Å². The Morgan fingerprint density at radius 3 is 2.60 bits per heavy atom. The van der Waals surface area contributed by atoms with Crippen LogP contribution < -0.4 is 14.8 Å². The number of halogens is 1. The predicted octanol–water partition coefficient (Wildman–Crippen LogP) is 3.77. The highest BCUT2D eigenvalue weighted by Gasteiger charge is 2.25. The summed E-state index contributed by atoms with van der Waals surface area (Å²) in [4.78, 5) is 6.82. The Labute approximate surface area is 169 Å². The van der Waals surface area contributed by atoms with Crippen LogP contribution >= 0.6 is 24.0 Å². The zero-order valence-electron chi connectivity index (χ0n) is 16.0. The van der Waals surface area contributed by atoms with E-state index in [2.05, 4.69) is 29.1 Å². The second-order valence-corrected chi connectivity index (χ2v) is 6.82. The van der Waals surface area contributed by atoms with Crippen molar-refractivity contribution in [1.29, 1.82) is 0 Å². The molecule has 1 N–H and O–H groups in total. The molecular weight excluding hydrogens is 429 g/mol. The number of ether oxygens (including phenoxy) is 2. The molecule has 1 aromatic rings. The average molecular weight is 461 g/mol. The second-order valence-electron chi connectivity index (χ2n) is 6.82. The van der Waals surface area contributed by atoms with Gasteiger partial charge >= 0.3 is 0 Å². The Hall–Kier alpha value is -1.18. The van der Waals surface area contributed by atoms with E-state index >= 15 is 0 Å². The smallest absolute Gasteiger partial charge is 0.193 e. The number of aliphatic imine (C=N–C) groups is 1. The van der Waals surface area contributed by atoms with Gasteiger partial charge in [-0.2, -0.15) is 0 Å². The number of likely N-dealkylation sites (tertiary alicyclic amines) is 1. The SMILES string of the molecule is CN=C(NCc1ccc(OC)c(OC)c1)N1CCC(CC(C)C)C1.I. The summed E-state index contributed by atoms with van der Waals surface area (Å²) < 4.78 is 10.7. The fraction of sp³-hybridized carbons (Fsp3) is 0.632. The van der Waals surface area contributed by atoms with Crippen molar-refractivity contribution in [3.63, 3.8) is 0 Å². The first-order valence-corrected chi connectivity index (χ1v) is 8.73. The molecule has 142 valence electrons. The minimum atomic E-state index is 0. The molecule has 1 saturated heterocycles. The molecule has 5 nitrogen and oxygen atoms in total. The van der Waals surface area contributed by atoms with Crippen molar-refractivity contribution >= 4 is 29.9 Å². The molecule has 0 amide bonds. The molecule has 1 unspecified atom stereocenters. The summed E-state index contributed by atoms with van der Waals surface area (Å²) in [7, 11) is 5.17. The highest BCUT2D eigenvalue weighted by Crippen LogP contribution is 2.27. The zero-order valence-corrected chi connectivity index (χ0v) is 18.4. The minimum absolute atomic E-state index is 0. The number of methoxy groups -OCH3 is 2. The lowest BCUT2D eigenvalue weighted by molar-refractivity contribution is 0.354. The van der Waals surface area contributed by atoms with E-state index in [-0.39, 0.29) is 24.0 Å². The zero-order chi connectivity index (χ0) is 17.5. The van der Waals surface area contributed by atoms with E-state index in [0.29, 0.717) is 0 Å². The normalized spacial score (nSPS) is 17.4. The van der Waals surface area contributed by atoms with Crippen LogP contribution in [0.5, 0.6) is 11.5 Å². The van der Waals surface area contributed by atoms with Crippen molar-refractivity contribution in [3.8, 4) is 11.5 Å². The Kier molecular flexibility index (Phi) is 9.38. The monoisotopic (exact) mass is 461 g/mol. The van der Waals surface area contributed by atoms with Crippen LogP contribution in [0, 0.1) is 11.8 Å². The van der Waals surface area contributed by atoms with Crippen molar-refractivity contribution in [1.82, 2.24) is 10.2 Å². The molecule has 0 aromatic heterocycles. The van der Waals surface area contributed by atoms with E-state index < -0.39 is 0 Å². The van der Waals surface area contributed by atoms with Gasteiger partial charge in [0.15, 0.2) is 17.5 Å². The van der Waals surface area contributed by atoms with Gasteiger partial charge in [-0.05, 0) is 42.4 Å². The van der Waals surface area contributed by atoms with Gasteiger partial charge < -0.3 is 19.7 Å². The maximum atomic E-state index is 5.37. The molecule has 0 radical (unpaired) electrons. The van der Waals surface area contributed by atoms with E-state index in [9.17, 15) is 0 Å². The summed E-state index contributed by atoms with van der Waals surface area (Å²) >= 11 is 0. The highest BCUT2D eigenvalue weighted by atomic mass is 127. The summed E-state index contributed by atoms with van der Waals surface area (Å²) in [5.74, 6) is 4.03. The van der Waals surface area contributed by atoms with Crippen LogP contribution in [0.1, 0.15) is 32.3 Å². The summed E-state index contributed by atoms with van der Waals surface area (Å²) in [6.45, 7) is 7.50. The number of benzene rings is 1. The van der Waals surface area contributed by atoms with Gasteiger partial charge in [0.25, 0.3) is 0 Å². The molecule has 2 rings (SSSR count). The van der Waals surface area contributed by atoms with Gasteiger partial charge in [-0.15, -0.1) is 24.0 Å². The Balaban J connectivity index is 0.00000312. The molecule has 25 heavy (non-hydrogen) atoms. The van der Waals surface area contributed by atoms with E-state index in [1.54, 1.807) is 14.2 Å². The third-order valence-corrected chi connectivity index (χ3v) is 4.50. The Morgan fingerprint density at radius 2 is 2.00 bits per heavy atom. The first-order chi connectivity index (χ1) is 11.6. The van der Waals surface area contributed by atoms with Gasteiger partial charge in [-0.1, -0.05) is 19.9 Å². The van der Waals surface area contributed by atoms with E-state index in [1.807, 2.05) is 25.2 Å². The van der Waals surface area contributed by atoms with Crippen molar-refractivity contribution in [3.05, 3.63) is 23.8 Å². The topological polar surface area (TPSA) is 46.1 Å². The van der Waals surface area contributed by atoms with Crippen LogP contribution in [0.25, 0.3) is 0 Å². The largest absolute Gasteiger partial charge is 0.493 e. The number of nitrogens with one attached hydrogen (secondary N) is 1. The van der Waals surface area contributed by atoms with Gasteiger partial charge in [0.2, 0.25) is 0 Å². The lowest BCUT2D eigenvalue weighted by atomic mass is 9.97. The van der Waals surface area contributed by atoms with Crippen molar-refractivity contribution in [2.75, 3.05) is 34.4 Å². The second kappa shape index (κ2) is 10.7. The summed E-state index contributed by atoms with van der Waals surface area (Å²) in [6.07, 6.45) is 2.55. The fourth-order valence-electron chi connectivity index (χ4n) is 3.39. The van der Waals surface area contributed by atoms with E-state index in [1.165, 1.54) is 12.8 Å². The average Bonchev–Trinajstić information content (AvgIpc) is 3.02. The lowest BCUT2D eigenvalue weighted by Gasteiger charge is -2.22. The first-order valence-electron chi connectivity index (χ1n) is 8.73. The summed E-state index contributed by atoms with van der Waals surface area (Å²) in [5.41, 5.74) is 1.15. The molecule has 1 aliphatic heterocycles. The molecule has 0 bridgehead atoms. The van der Waals surface area contributed by atoms with Crippen LogP contribution in [0.15, 0.2) is 23.2 Å². The Bertz CT molecular complexity index is 564. The first kappa shape index (κ1) is 21.9. The molecule has 1 aliphatic rings. The van der Waals surface area contributed by atoms with Crippen LogP contribution in [0.3, 0.4) is 0 Å². The molecule has 6 heteroatoms. The number of hydrogen-bond donors (Lipinski definition) is 1. The van der Waals surface area contributed by atoms with Crippen LogP contribution in [0.4, 0.5) is 0 Å². The van der Waals surface area contributed by atoms with Crippen LogP contribution in [-0.2, 0) is 6.54 Å². The minimum Gasteiger partial charge on any atom is -0.493 e. The predicted molar refractivity (Wildman–Crippen MR) is 114 cm³/mol. The standard InChI is InChI=1S/C19H31N3O2.HI/c1-14(2)10-16-8-9-22(13-16)19(20-3)21-12-15-6-7-17(23-4)18(11-15)24-5;/h6-7,11,14,16H,8-10,12-13H2,1-5H3,(H,20,21);1H. The fourth-order valence-corrected chi connectivity index (χ4v) is 3.39. The van der Waals surface area contributed by atoms with Gasteiger partial charge in [0.1, 0.15) is 0 Å². The number of guanidine groups is 1. The maximum Gasteiger partial charge on any atom is 0.193 e. The molecule has 0 spiro atoms. The van der Waals surface area contributed by atoms with Gasteiger partial charge in [0, 0.05) is 26.7 Å². The quantitative estimate of drug-likeness (QED) is 0.398. The van der Waals surface area contributed by atoms with Gasteiger partial charge in [-0.25, -0.2) is 0 Å². The van der Waals surface area contributed by atoms with E-state index in [0.717, 1.165) is 54.5 Å². The molecular formula is C19H32IN3O2. The highest BCUT2D eigenvalue weighted by molar-refractivity contribution is 14.0. The van der Waals surface area contributed by atoms with Crippen LogP contribution in [0.2, 0.25) is 0 Å². The number of hydrogen-bond acceptors (Lipinski definition) is 3. The van der Waals surface area contributed by atoms with Crippen molar-refractivity contribution in [2.24, 2.45) is 16.8 Å². The van der Waals surface area contributed by atoms with Gasteiger partial charge in [-0.3, -0.25) is 4.99 Å². The molecule has 1 heterocycles. The molecule has 1 aromatic carbocycles. The molecule has 1 atom stereocenters. The van der Waals surface area contributed by atoms with Gasteiger partial charge in [0.05, 0.1) is 14.2 Å². The third kappa shape index (κ3) is 6.24. The van der Waals surface area contributed by atoms with Crippen molar-refractivity contribution < 1.29 is 9.47 Å². The Morgan fingerprint density at radius 1 is 1.28 bits per heavy atom. The molecule has 1 fully saturated rings. The summed E-state index contributed by atoms with van der Waals surface area (Å²) in [6, 6.07) is 5.99. The third-order valence-electron chi connectivity index (χ3n) is 4.50. The van der Waals surface area contributed by atoms with Crippen molar-refractivity contribution in [2.45, 2.75) is 33.2 Å². The maximum absolute atomic E-state index is 5.37. The van der Waals surface area contributed by atoms with E-state index in [4.69, 9.17) is 9.47 Å². The number of nitrogens with zero attached hydrogens (tertiary/aromatic N) is 2.